The van der Waals surface area contributed by atoms with E-state index in [4.69, 9.17) is 25.8 Å². The molecular weight excluding hydrogens is 476 g/mol. The summed E-state index contributed by atoms with van der Waals surface area (Å²) in [4.78, 5) is 49.7. The second-order valence-electron chi connectivity index (χ2n) is 7.26. The first-order chi connectivity index (χ1) is 16.9. The maximum atomic E-state index is 12.7. The third-order valence-electron chi connectivity index (χ3n) is 4.79. The number of hydrogen-bond donors (Lipinski definition) is 1. The van der Waals surface area contributed by atoms with Gasteiger partial charge in [-0.3, -0.25) is 4.79 Å². The maximum absolute atomic E-state index is 12.7. The Hall–Kier alpha value is -4.01. The summed E-state index contributed by atoms with van der Waals surface area (Å²) in [6.07, 6.45) is -5.42. The summed E-state index contributed by atoms with van der Waals surface area (Å²) < 4.78 is 15.6. The van der Waals surface area contributed by atoms with Gasteiger partial charge in [-0.2, -0.15) is 0 Å². The molecule has 3 rings (SSSR count). The van der Waals surface area contributed by atoms with Gasteiger partial charge in [-0.25, -0.2) is 14.4 Å². The Kier molecular flexibility index (Phi) is 9.11. The summed E-state index contributed by atoms with van der Waals surface area (Å²) in [5, 5.41) is 9.55. The Balaban J connectivity index is 1.81. The Morgan fingerprint density at radius 2 is 1.06 bits per heavy atom. The molecule has 0 spiro atoms. The van der Waals surface area contributed by atoms with Crippen LogP contribution in [0.4, 0.5) is 0 Å². The molecule has 3 aromatic carbocycles. The van der Waals surface area contributed by atoms with Gasteiger partial charge in [0.1, 0.15) is 12.7 Å². The number of hydrogen-bond acceptors (Lipinski definition) is 8. The molecule has 0 unspecified atom stereocenters. The Labute approximate surface area is 206 Å². The minimum absolute atomic E-state index is 0.105. The maximum Gasteiger partial charge on any atom is 0.339 e. The average molecular weight is 497 g/mol. The highest BCUT2D eigenvalue weighted by atomic mass is 35.5. The molecule has 0 aliphatic heterocycles. The van der Waals surface area contributed by atoms with Gasteiger partial charge in [0.2, 0.25) is 6.10 Å². The highest BCUT2D eigenvalue weighted by Crippen LogP contribution is 2.18. The van der Waals surface area contributed by atoms with Crippen molar-refractivity contribution < 1.29 is 38.5 Å². The third-order valence-corrected chi connectivity index (χ3v) is 5.01. The number of halogens is 1. The molecule has 0 heterocycles. The van der Waals surface area contributed by atoms with Crippen molar-refractivity contribution in [3.05, 3.63) is 108 Å². The molecule has 0 radical (unpaired) electrons. The summed E-state index contributed by atoms with van der Waals surface area (Å²) in [6.45, 7) is -0.677. The summed E-state index contributed by atoms with van der Waals surface area (Å²) in [7, 11) is 0. The van der Waals surface area contributed by atoms with Crippen molar-refractivity contribution in [1.29, 1.82) is 0 Å². The van der Waals surface area contributed by atoms with Gasteiger partial charge in [0.15, 0.2) is 6.10 Å². The minimum Gasteiger partial charge on any atom is -0.459 e. The van der Waals surface area contributed by atoms with Gasteiger partial charge in [-0.15, -0.1) is 0 Å². The van der Waals surface area contributed by atoms with Crippen LogP contribution in [0.3, 0.4) is 0 Å². The van der Waals surface area contributed by atoms with Crippen molar-refractivity contribution in [1.82, 2.24) is 0 Å². The average Bonchev–Trinajstić information content (AvgIpc) is 2.90. The zero-order chi connectivity index (χ0) is 25.2. The lowest BCUT2D eigenvalue weighted by atomic mass is 10.1. The van der Waals surface area contributed by atoms with Gasteiger partial charge in [0.05, 0.1) is 16.7 Å². The highest BCUT2D eigenvalue weighted by molar-refractivity contribution is 6.64. The normalized spacial score (nSPS) is 13.1. The second-order valence-corrected chi connectivity index (χ2v) is 7.64. The predicted molar refractivity (Wildman–Crippen MR) is 125 cm³/mol. The van der Waals surface area contributed by atoms with Crippen LogP contribution in [0.2, 0.25) is 0 Å². The molecule has 0 bridgehead atoms. The molecule has 180 valence electrons. The molecular formula is C26H21ClO8. The Morgan fingerprint density at radius 3 is 1.49 bits per heavy atom. The molecule has 0 aliphatic carbocycles. The predicted octanol–water partition coefficient (Wildman–Crippen LogP) is 3.42. The third kappa shape index (κ3) is 7.23. The molecule has 0 fully saturated rings. The van der Waals surface area contributed by atoms with Crippen LogP contribution >= 0.6 is 11.6 Å². The van der Waals surface area contributed by atoms with Crippen molar-refractivity contribution in [2.45, 2.75) is 18.3 Å². The first-order valence-corrected chi connectivity index (χ1v) is 10.9. The van der Waals surface area contributed by atoms with Gasteiger partial charge >= 0.3 is 17.9 Å². The lowest BCUT2D eigenvalue weighted by molar-refractivity contribution is -0.134. The van der Waals surface area contributed by atoms with Gasteiger partial charge < -0.3 is 19.3 Å². The van der Waals surface area contributed by atoms with E-state index < -0.39 is 48.1 Å². The van der Waals surface area contributed by atoms with E-state index in [1.54, 1.807) is 54.6 Å². The first kappa shape index (κ1) is 25.6. The Bertz CT molecular complexity index is 1150. The van der Waals surface area contributed by atoms with Crippen molar-refractivity contribution in [3.8, 4) is 0 Å². The fourth-order valence-corrected chi connectivity index (χ4v) is 3.19. The molecule has 35 heavy (non-hydrogen) atoms. The molecule has 0 saturated heterocycles. The summed E-state index contributed by atoms with van der Waals surface area (Å²) >= 11 is 5.68. The second kappa shape index (κ2) is 12.5. The lowest BCUT2D eigenvalue weighted by Gasteiger charge is -2.28. The van der Waals surface area contributed by atoms with Crippen LogP contribution < -0.4 is 0 Å². The summed E-state index contributed by atoms with van der Waals surface area (Å²) in [5.41, 5.74) is 0.438. The fourth-order valence-electron chi connectivity index (χ4n) is 3.02. The van der Waals surface area contributed by atoms with Crippen LogP contribution in [0.15, 0.2) is 91.0 Å². The molecule has 9 heteroatoms. The summed E-state index contributed by atoms with van der Waals surface area (Å²) in [6, 6.07) is 23.5. The molecule has 3 atom stereocenters. The molecule has 1 N–H and O–H groups in total. The van der Waals surface area contributed by atoms with E-state index >= 15 is 0 Å². The molecule has 0 amide bonds. The zero-order valence-corrected chi connectivity index (χ0v) is 19.0. The number of aliphatic hydroxyl groups is 1. The van der Waals surface area contributed by atoms with Crippen LogP contribution in [0, 0.1) is 0 Å². The van der Waals surface area contributed by atoms with Crippen molar-refractivity contribution in [3.63, 3.8) is 0 Å². The van der Waals surface area contributed by atoms with E-state index in [0.29, 0.717) is 0 Å². The number of aliphatic hydroxyl groups excluding tert-OH is 1. The van der Waals surface area contributed by atoms with Crippen LogP contribution in [-0.4, -0.2) is 53.2 Å². The molecule has 0 aromatic heterocycles. The number of carbonyl (C=O) groups is 4. The first-order valence-electron chi connectivity index (χ1n) is 10.5. The summed E-state index contributed by atoms with van der Waals surface area (Å²) in [5.74, 6) is -2.60. The molecule has 0 saturated carbocycles. The van der Waals surface area contributed by atoms with Gasteiger partial charge in [0, 0.05) is 0 Å². The van der Waals surface area contributed by atoms with Crippen molar-refractivity contribution >= 4 is 34.8 Å². The van der Waals surface area contributed by atoms with E-state index in [1.807, 2.05) is 0 Å². The largest absolute Gasteiger partial charge is 0.459 e. The van der Waals surface area contributed by atoms with Crippen LogP contribution in [0.25, 0.3) is 0 Å². The number of benzene rings is 3. The van der Waals surface area contributed by atoms with Crippen molar-refractivity contribution in [2.24, 2.45) is 0 Å². The monoisotopic (exact) mass is 496 g/mol. The lowest BCUT2D eigenvalue weighted by Crippen LogP contribution is -2.48. The zero-order valence-electron chi connectivity index (χ0n) is 18.3. The SMILES string of the molecule is O=C(OC[C@@H](O)[C@@H](OC(=O)c1ccccc1)[C@@H](OC(=O)c1ccccc1)C(=O)Cl)c1ccccc1. The number of esters is 3. The van der Waals surface area contributed by atoms with E-state index in [0.717, 1.165) is 0 Å². The van der Waals surface area contributed by atoms with Crippen LogP contribution in [0.5, 0.6) is 0 Å². The van der Waals surface area contributed by atoms with E-state index in [-0.39, 0.29) is 16.7 Å². The van der Waals surface area contributed by atoms with Crippen LogP contribution in [-0.2, 0) is 19.0 Å². The standard InChI is InChI=1S/C26H21ClO8/c27-23(29)22(35-26(32)19-14-8-3-9-15-19)21(34-25(31)18-12-6-2-7-13-18)20(28)16-33-24(30)17-10-4-1-5-11-17/h1-15,20-22,28H,16H2/t20-,21-,22-/m1/s1. The Morgan fingerprint density at radius 1 is 0.657 bits per heavy atom. The smallest absolute Gasteiger partial charge is 0.339 e. The van der Waals surface area contributed by atoms with Gasteiger partial charge in [0.25, 0.3) is 5.24 Å². The molecule has 8 nitrogen and oxygen atoms in total. The van der Waals surface area contributed by atoms with Gasteiger partial charge in [-0.1, -0.05) is 54.6 Å². The number of carbonyl (C=O) groups excluding carboxylic acids is 4. The fraction of sp³-hybridized carbons (Fsp3) is 0.154. The molecule has 3 aromatic rings. The van der Waals surface area contributed by atoms with E-state index in [1.165, 1.54) is 36.4 Å². The molecule has 0 aliphatic rings. The highest BCUT2D eigenvalue weighted by Gasteiger charge is 2.40. The van der Waals surface area contributed by atoms with E-state index in [9.17, 15) is 24.3 Å². The quantitative estimate of drug-likeness (QED) is 0.258. The number of ether oxygens (including phenoxy) is 3. The van der Waals surface area contributed by atoms with Crippen molar-refractivity contribution in [2.75, 3.05) is 6.61 Å². The topological polar surface area (TPSA) is 116 Å². The van der Waals surface area contributed by atoms with Gasteiger partial charge in [-0.05, 0) is 48.0 Å². The number of rotatable bonds is 10. The van der Waals surface area contributed by atoms with E-state index in [2.05, 4.69) is 0 Å². The van der Waals surface area contributed by atoms with Crippen LogP contribution in [0.1, 0.15) is 31.1 Å². The minimum atomic E-state index is -1.89.